The van der Waals surface area contributed by atoms with E-state index in [0.717, 1.165) is 18.9 Å². The van der Waals surface area contributed by atoms with Gasteiger partial charge >= 0.3 is 0 Å². The van der Waals surface area contributed by atoms with E-state index in [4.69, 9.17) is 0 Å². The van der Waals surface area contributed by atoms with Crippen molar-refractivity contribution in [3.05, 3.63) is 0 Å². The van der Waals surface area contributed by atoms with Gasteiger partial charge in [-0.15, -0.1) is 0 Å². The van der Waals surface area contributed by atoms with Gasteiger partial charge < -0.3 is 9.80 Å². The van der Waals surface area contributed by atoms with Crippen molar-refractivity contribution in [2.24, 2.45) is 5.92 Å². The SMILES string of the molecule is CN1CCC(CCN(C)C(=O)CS)CC1. The van der Waals surface area contributed by atoms with E-state index in [9.17, 15) is 4.79 Å². The van der Waals surface area contributed by atoms with Crippen LogP contribution in [0.1, 0.15) is 19.3 Å². The van der Waals surface area contributed by atoms with Gasteiger partial charge in [0.15, 0.2) is 0 Å². The molecule has 1 fully saturated rings. The van der Waals surface area contributed by atoms with Crippen LogP contribution in [-0.2, 0) is 4.79 Å². The first-order valence-corrected chi connectivity index (χ1v) is 6.30. The van der Waals surface area contributed by atoms with Crippen molar-refractivity contribution >= 4 is 18.5 Å². The number of likely N-dealkylation sites (tertiary alicyclic amines) is 1. The molecular formula is C11H22N2OS. The minimum absolute atomic E-state index is 0.131. The van der Waals surface area contributed by atoms with Crippen LogP contribution in [-0.4, -0.2) is 55.2 Å². The molecule has 0 spiro atoms. The van der Waals surface area contributed by atoms with E-state index in [0.29, 0.717) is 5.75 Å². The lowest BCUT2D eigenvalue weighted by molar-refractivity contribution is -0.127. The monoisotopic (exact) mass is 230 g/mol. The van der Waals surface area contributed by atoms with Crippen LogP contribution in [0, 0.1) is 5.92 Å². The Kier molecular flexibility index (Phi) is 5.47. The first kappa shape index (κ1) is 12.8. The standard InChI is InChI=1S/C11H22N2OS/c1-12-6-3-10(4-7-12)5-8-13(2)11(14)9-15/h10,15H,3-9H2,1-2H3. The molecule has 0 aromatic rings. The highest BCUT2D eigenvalue weighted by Gasteiger charge is 2.17. The Morgan fingerprint density at radius 3 is 2.60 bits per heavy atom. The van der Waals surface area contributed by atoms with E-state index >= 15 is 0 Å². The van der Waals surface area contributed by atoms with Gasteiger partial charge in [-0.1, -0.05) is 0 Å². The van der Waals surface area contributed by atoms with Gasteiger partial charge in [0.05, 0.1) is 5.75 Å². The van der Waals surface area contributed by atoms with Crippen molar-refractivity contribution in [1.82, 2.24) is 9.80 Å². The maximum atomic E-state index is 11.3. The number of piperidine rings is 1. The minimum atomic E-state index is 0.131. The van der Waals surface area contributed by atoms with Crippen LogP contribution >= 0.6 is 12.6 Å². The van der Waals surface area contributed by atoms with Crippen LogP contribution in [0.5, 0.6) is 0 Å². The average Bonchev–Trinajstić information content (AvgIpc) is 2.26. The smallest absolute Gasteiger partial charge is 0.232 e. The molecule has 1 amide bonds. The Hall–Kier alpha value is -0.220. The van der Waals surface area contributed by atoms with Crippen molar-refractivity contribution in [2.75, 3.05) is 39.5 Å². The van der Waals surface area contributed by atoms with Gasteiger partial charge in [0, 0.05) is 13.6 Å². The molecule has 1 saturated heterocycles. The number of amides is 1. The number of carbonyl (C=O) groups excluding carboxylic acids is 1. The third-order valence-electron chi connectivity index (χ3n) is 3.27. The zero-order valence-electron chi connectivity index (χ0n) is 9.78. The van der Waals surface area contributed by atoms with Gasteiger partial charge in [0.1, 0.15) is 0 Å². The van der Waals surface area contributed by atoms with E-state index in [1.807, 2.05) is 7.05 Å². The van der Waals surface area contributed by atoms with E-state index in [2.05, 4.69) is 24.6 Å². The summed E-state index contributed by atoms with van der Waals surface area (Å²) in [7, 11) is 4.04. The van der Waals surface area contributed by atoms with Gasteiger partial charge in [-0.05, 0) is 45.3 Å². The number of hydrogen-bond donors (Lipinski definition) is 1. The van der Waals surface area contributed by atoms with Gasteiger partial charge in [-0.2, -0.15) is 12.6 Å². The number of carbonyl (C=O) groups is 1. The topological polar surface area (TPSA) is 23.6 Å². The molecule has 15 heavy (non-hydrogen) atoms. The predicted octanol–water partition coefficient (Wildman–Crippen LogP) is 1.11. The number of hydrogen-bond acceptors (Lipinski definition) is 3. The summed E-state index contributed by atoms with van der Waals surface area (Å²) in [6.07, 6.45) is 3.70. The van der Waals surface area contributed by atoms with Crippen molar-refractivity contribution in [3.8, 4) is 0 Å². The molecule has 0 N–H and O–H groups in total. The average molecular weight is 230 g/mol. The van der Waals surface area contributed by atoms with Crippen LogP contribution < -0.4 is 0 Å². The second-order valence-corrected chi connectivity index (χ2v) is 4.82. The third-order valence-corrected chi connectivity index (χ3v) is 3.54. The molecule has 1 aliphatic heterocycles. The summed E-state index contributed by atoms with van der Waals surface area (Å²) >= 11 is 3.99. The van der Waals surface area contributed by atoms with Crippen molar-refractivity contribution in [2.45, 2.75) is 19.3 Å². The van der Waals surface area contributed by atoms with Crippen LogP contribution in [0.15, 0.2) is 0 Å². The summed E-state index contributed by atoms with van der Waals surface area (Å²) in [6.45, 7) is 3.29. The molecule has 88 valence electrons. The van der Waals surface area contributed by atoms with Crippen LogP contribution in [0.3, 0.4) is 0 Å². The highest BCUT2D eigenvalue weighted by atomic mass is 32.1. The Labute approximate surface area is 98.2 Å². The molecule has 0 bridgehead atoms. The van der Waals surface area contributed by atoms with Crippen LogP contribution in [0.25, 0.3) is 0 Å². The first-order chi connectivity index (χ1) is 7.13. The number of thiol groups is 1. The Morgan fingerprint density at radius 2 is 2.07 bits per heavy atom. The molecule has 3 nitrogen and oxygen atoms in total. The number of nitrogens with zero attached hydrogens (tertiary/aromatic N) is 2. The van der Waals surface area contributed by atoms with Crippen molar-refractivity contribution in [1.29, 1.82) is 0 Å². The molecule has 0 saturated carbocycles. The fourth-order valence-corrected chi connectivity index (χ4v) is 2.21. The summed E-state index contributed by atoms with van der Waals surface area (Å²) in [5.74, 6) is 1.26. The van der Waals surface area contributed by atoms with E-state index in [-0.39, 0.29) is 5.91 Å². The van der Waals surface area contributed by atoms with Crippen LogP contribution in [0.2, 0.25) is 0 Å². The Morgan fingerprint density at radius 1 is 1.47 bits per heavy atom. The second kappa shape index (κ2) is 6.38. The maximum absolute atomic E-state index is 11.3. The van der Waals surface area contributed by atoms with E-state index < -0.39 is 0 Å². The number of rotatable bonds is 4. The van der Waals surface area contributed by atoms with Gasteiger partial charge in [-0.25, -0.2) is 0 Å². The van der Waals surface area contributed by atoms with Gasteiger partial charge in [-0.3, -0.25) is 4.79 Å². The molecule has 1 heterocycles. The molecule has 0 atom stereocenters. The third kappa shape index (κ3) is 4.43. The molecule has 0 radical (unpaired) electrons. The van der Waals surface area contributed by atoms with E-state index in [1.165, 1.54) is 25.9 Å². The normalized spacial score (nSPS) is 19.1. The Bertz CT molecular complexity index is 203. The van der Waals surface area contributed by atoms with Crippen LogP contribution in [0.4, 0.5) is 0 Å². The lowest BCUT2D eigenvalue weighted by Gasteiger charge is -2.30. The molecule has 0 aromatic carbocycles. The molecule has 1 aliphatic rings. The Balaban J connectivity index is 2.17. The fourth-order valence-electron chi connectivity index (χ4n) is 1.97. The summed E-state index contributed by atoms with van der Waals surface area (Å²) in [5, 5.41) is 0. The quantitative estimate of drug-likeness (QED) is 0.731. The molecule has 1 rings (SSSR count). The van der Waals surface area contributed by atoms with Gasteiger partial charge in [0.25, 0.3) is 0 Å². The fraction of sp³-hybridized carbons (Fsp3) is 0.909. The summed E-state index contributed by atoms with van der Waals surface area (Å²) in [4.78, 5) is 15.4. The maximum Gasteiger partial charge on any atom is 0.232 e. The summed E-state index contributed by atoms with van der Waals surface area (Å²) in [5.41, 5.74) is 0. The van der Waals surface area contributed by atoms with Crippen molar-refractivity contribution < 1.29 is 4.79 Å². The zero-order valence-corrected chi connectivity index (χ0v) is 10.7. The second-order valence-electron chi connectivity index (χ2n) is 4.51. The molecule has 4 heteroatoms. The highest BCUT2D eigenvalue weighted by Crippen LogP contribution is 2.19. The highest BCUT2D eigenvalue weighted by molar-refractivity contribution is 7.81. The molecular weight excluding hydrogens is 208 g/mol. The molecule has 0 unspecified atom stereocenters. The predicted molar refractivity (Wildman–Crippen MR) is 66.3 cm³/mol. The zero-order chi connectivity index (χ0) is 11.3. The molecule has 0 aromatic heterocycles. The lowest BCUT2D eigenvalue weighted by Crippen LogP contribution is -2.34. The van der Waals surface area contributed by atoms with Gasteiger partial charge in [0.2, 0.25) is 5.91 Å². The summed E-state index contributed by atoms with van der Waals surface area (Å²) in [6, 6.07) is 0. The lowest BCUT2D eigenvalue weighted by atomic mass is 9.94. The minimum Gasteiger partial charge on any atom is -0.345 e. The van der Waals surface area contributed by atoms with E-state index in [1.54, 1.807) is 4.90 Å². The van der Waals surface area contributed by atoms with Crippen molar-refractivity contribution in [3.63, 3.8) is 0 Å². The molecule has 0 aliphatic carbocycles. The summed E-state index contributed by atoms with van der Waals surface area (Å²) < 4.78 is 0. The largest absolute Gasteiger partial charge is 0.345 e. The first-order valence-electron chi connectivity index (χ1n) is 5.67.